The molecular weight excluding hydrogens is 300 g/mol. The van der Waals surface area contributed by atoms with Gasteiger partial charge >= 0.3 is 0 Å². The summed E-state index contributed by atoms with van der Waals surface area (Å²) in [7, 11) is 1.68. The van der Waals surface area contributed by atoms with Crippen LogP contribution < -0.4 is 14.8 Å². The van der Waals surface area contributed by atoms with Crippen molar-refractivity contribution in [1.29, 1.82) is 0 Å². The molecule has 1 aliphatic heterocycles. The molecule has 1 aromatic rings. The molecule has 124 valence electrons. The molecule has 5 heteroatoms. The quantitative estimate of drug-likeness (QED) is 0.781. The molecule has 22 heavy (non-hydrogen) atoms. The van der Waals surface area contributed by atoms with Gasteiger partial charge in [-0.05, 0) is 31.0 Å². The maximum Gasteiger partial charge on any atom is 0.161 e. The van der Waals surface area contributed by atoms with E-state index in [4.69, 9.17) is 9.47 Å². The van der Waals surface area contributed by atoms with Crippen molar-refractivity contribution in [3.63, 3.8) is 0 Å². The Morgan fingerprint density at radius 1 is 1.23 bits per heavy atom. The Balaban J connectivity index is 0.00000242. The fourth-order valence-electron chi connectivity index (χ4n) is 2.50. The minimum atomic E-state index is 0. The van der Waals surface area contributed by atoms with Crippen LogP contribution in [0.15, 0.2) is 24.3 Å². The van der Waals surface area contributed by atoms with Gasteiger partial charge in [-0.15, -0.1) is 12.4 Å². The second-order valence-electron chi connectivity index (χ2n) is 5.20. The van der Waals surface area contributed by atoms with E-state index in [1.54, 1.807) is 7.11 Å². The van der Waals surface area contributed by atoms with Gasteiger partial charge in [-0.1, -0.05) is 18.2 Å². The molecule has 1 aliphatic rings. The zero-order valence-corrected chi connectivity index (χ0v) is 14.3. The number of piperazine rings is 1. The summed E-state index contributed by atoms with van der Waals surface area (Å²) < 4.78 is 11.3. The number of halogens is 1. The van der Waals surface area contributed by atoms with E-state index in [2.05, 4.69) is 16.3 Å². The van der Waals surface area contributed by atoms with Crippen LogP contribution in [0, 0.1) is 0 Å². The Labute approximate surface area is 139 Å². The third kappa shape index (κ3) is 5.87. The van der Waals surface area contributed by atoms with Gasteiger partial charge in [-0.2, -0.15) is 0 Å². The number of nitrogens with zero attached hydrogens (tertiary/aromatic N) is 1. The third-order valence-electron chi connectivity index (χ3n) is 3.63. The molecule has 0 saturated carbocycles. The van der Waals surface area contributed by atoms with Crippen molar-refractivity contribution in [2.45, 2.75) is 13.3 Å². The number of ether oxygens (including phenoxy) is 2. The topological polar surface area (TPSA) is 33.7 Å². The molecule has 1 N–H and O–H groups in total. The van der Waals surface area contributed by atoms with Crippen LogP contribution in [0.4, 0.5) is 0 Å². The molecule has 0 aliphatic carbocycles. The molecule has 1 aromatic carbocycles. The van der Waals surface area contributed by atoms with Crippen LogP contribution in [-0.2, 0) is 0 Å². The smallest absolute Gasteiger partial charge is 0.161 e. The molecule has 0 unspecified atom stereocenters. The summed E-state index contributed by atoms with van der Waals surface area (Å²) in [5.41, 5.74) is 1.13. The Kier molecular flexibility index (Phi) is 8.97. The van der Waals surface area contributed by atoms with E-state index < -0.39 is 0 Å². The minimum absolute atomic E-state index is 0. The first kappa shape index (κ1) is 18.8. The minimum Gasteiger partial charge on any atom is -0.493 e. The molecule has 0 radical (unpaired) electrons. The number of hydrogen-bond donors (Lipinski definition) is 1. The number of hydrogen-bond acceptors (Lipinski definition) is 4. The number of rotatable bonds is 7. The van der Waals surface area contributed by atoms with E-state index in [1.807, 2.05) is 31.2 Å². The van der Waals surface area contributed by atoms with Crippen molar-refractivity contribution in [2.24, 2.45) is 0 Å². The molecule has 0 bridgehead atoms. The van der Waals surface area contributed by atoms with Crippen molar-refractivity contribution in [3.8, 4) is 11.5 Å². The average molecular weight is 327 g/mol. The highest BCUT2D eigenvalue weighted by atomic mass is 35.5. The zero-order chi connectivity index (χ0) is 14.9. The Hall–Kier alpha value is -1.23. The van der Waals surface area contributed by atoms with Gasteiger partial charge in [0.1, 0.15) is 0 Å². The van der Waals surface area contributed by atoms with Crippen molar-refractivity contribution in [2.75, 3.05) is 46.4 Å². The molecule has 0 atom stereocenters. The van der Waals surface area contributed by atoms with E-state index in [0.29, 0.717) is 0 Å². The van der Waals surface area contributed by atoms with Gasteiger partial charge in [-0.3, -0.25) is 0 Å². The summed E-state index contributed by atoms with van der Waals surface area (Å²) in [6.07, 6.45) is 5.11. The number of nitrogens with one attached hydrogen (secondary N) is 1. The van der Waals surface area contributed by atoms with Gasteiger partial charge in [-0.25, -0.2) is 0 Å². The third-order valence-corrected chi connectivity index (χ3v) is 3.63. The molecule has 1 fully saturated rings. The number of allylic oxidation sites excluding steroid dienone is 1. The van der Waals surface area contributed by atoms with E-state index in [1.165, 1.54) is 0 Å². The molecule has 0 aromatic heterocycles. The first-order valence-electron chi connectivity index (χ1n) is 7.70. The van der Waals surface area contributed by atoms with Crippen LogP contribution in [0.2, 0.25) is 0 Å². The summed E-state index contributed by atoms with van der Waals surface area (Å²) in [6.45, 7) is 8.31. The Bertz CT molecular complexity index is 460. The molecule has 2 rings (SSSR count). The predicted octanol–water partition coefficient (Wildman–Crippen LogP) is 2.82. The fourth-order valence-corrected chi connectivity index (χ4v) is 2.50. The SMILES string of the molecule is C/C=C/c1ccc(OCCCN2CCNCC2)c(OC)c1.Cl. The van der Waals surface area contributed by atoms with Gasteiger partial charge in [0.25, 0.3) is 0 Å². The van der Waals surface area contributed by atoms with Crippen LogP contribution in [0.5, 0.6) is 11.5 Å². The predicted molar refractivity (Wildman–Crippen MR) is 94.4 cm³/mol. The van der Waals surface area contributed by atoms with Crippen LogP contribution >= 0.6 is 12.4 Å². The lowest BCUT2D eigenvalue weighted by atomic mass is 10.2. The van der Waals surface area contributed by atoms with Gasteiger partial charge in [0.05, 0.1) is 13.7 Å². The zero-order valence-electron chi connectivity index (χ0n) is 13.5. The van der Waals surface area contributed by atoms with E-state index in [-0.39, 0.29) is 12.4 Å². The number of methoxy groups -OCH3 is 1. The summed E-state index contributed by atoms with van der Waals surface area (Å²) >= 11 is 0. The highest BCUT2D eigenvalue weighted by Gasteiger charge is 2.09. The molecular formula is C17H27ClN2O2. The molecule has 0 spiro atoms. The largest absolute Gasteiger partial charge is 0.493 e. The molecule has 0 amide bonds. The van der Waals surface area contributed by atoms with Gasteiger partial charge < -0.3 is 19.7 Å². The second-order valence-corrected chi connectivity index (χ2v) is 5.20. The highest BCUT2D eigenvalue weighted by molar-refractivity contribution is 5.85. The van der Waals surface area contributed by atoms with E-state index in [0.717, 1.165) is 62.8 Å². The molecule has 1 heterocycles. The standard InChI is InChI=1S/C17H26N2O2.ClH/c1-3-5-15-6-7-16(17(14-15)20-2)21-13-4-10-19-11-8-18-9-12-19;/h3,5-7,14,18H,4,8-13H2,1-2H3;1H/b5-3+;. The Morgan fingerprint density at radius 2 is 2.00 bits per heavy atom. The first-order chi connectivity index (χ1) is 10.3. The lowest BCUT2D eigenvalue weighted by molar-refractivity contribution is 0.211. The van der Waals surface area contributed by atoms with Crippen molar-refractivity contribution in [1.82, 2.24) is 10.2 Å². The second kappa shape index (κ2) is 10.5. The summed E-state index contributed by atoms with van der Waals surface area (Å²) in [5, 5.41) is 3.37. The van der Waals surface area contributed by atoms with Crippen molar-refractivity contribution in [3.05, 3.63) is 29.8 Å². The van der Waals surface area contributed by atoms with Gasteiger partial charge in [0.15, 0.2) is 11.5 Å². The maximum atomic E-state index is 5.86. The summed E-state index contributed by atoms with van der Waals surface area (Å²) in [4.78, 5) is 2.48. The Morgan fingerprint density at radius 3 is 2.68 bits per heavy atom. The summed E-state index contributed by atoms with van der Waals surface area (Å²) in [5.74, 6) is 1.62. The van der Waals surface area contributed by atoms with Crippen molar-refractivity contribution < 1.29 is 9.47 Å². The van der Waals surface area contributed by atoms with Crippen LogP contribution in [0.3, 0.4) is 0 Å². The van der Waals surface area contributed by atoms with Crippen LogP contribution in [-0.4, -0.2) is 51.3 Å². The van der Waals surface area contributed by atoms with E-state index in [9.17, 15) is 0 Å². The molecule has 1 saturated heterocycles. The van der Waals surface area contributed by atoms with Gasteiger partial charge in [0.2, 0.25) is 0 Å². The van der Waals surface area contributed by atoms with Crippen LogP contribution in [0.1, 0.15) is 18.9 Å². The van der Waals surface area contributed by atoms with Crippen molar-refractivity contribution >= 4 is 18.5 Å². The van der Waals surface area contributed by atoms with Crippen LogP contribution in [0.25, 0.3) is 6.08 Å². The first-order valence-corrected chi connectivity index (χ1v) is 7.70. The summed E-state index contributed by atoms with van der Waals surface area (Å²) in [6, 6.07) is 6.04. The highest BCUT2D eigenvalue weighted by Crippen LogP contribution is 2.28. The normalized spacial score (nSPS) is 15.5. The monoisotopic (exact) mass is 326 g/mol. The fraction of sp³-hybridized carbons (Fsp3) is 0.529. The lowest BCUT2D eigenvalue weighted by Gasteiger charge is -2.27. The van der Waals surface area contributed by atoms with E-state index >= 15 is 0 Å². The average Bonchev–Trinajstić information content (AvgIpc) is 2.53. The number of benzene rings is 1. The maximum absolute atomic E-state index is 5.86. The lowest BCUT2D eigenvalue weighted by Crippen LogP contribution is -2.43. The molecule has 4 nitrogen and oxygen atoms in total. The van der Waals surface area contributed by atoms with Gasteiger partial charge in [0, 0.05) is 32.7 Å².